The van der Waals surface area contributed by atoms with Crippen LogP contribution in [0.25, 0.3) is 0 Å². The molecule has 0 saturated heterocycles. The van der Waals surface area contributed by atoms with Gasteiger partial charge in [-0.2, -0.15) is 0 Å². The molecule has 0 N–H and O–H groups in total. The summed E-state index contributed by atoms with van der Waals surface area (Å²) in [4.78, 5) is 0. The van der Waals surface area contributed by atoms with Crippen LogP contribution >= 0.6 is 16.5 Å². The fourth-order valence-electron chi connectivity index (χ4n) is 2.93. The van der Waals surface area contributed by atoms with Gasteiger partial charge in [0.25, 0.3) is 0 Å². The standard InChI is InChI=1S/C24H42P2/c1-3-5-7-9-11-13-15-17-19-21-23-25-26-24-22-20-18-16-14-12-10-8-6-4-2/h3-20H2,1-2H3. The number of hydrogen-bond acceptors (Lipinski definition) is 0. The highest BCUT2D eigenvalue weighted by molar-refractivity contribution is 8.16. The van der Waals surface area contributed by atoms with Crippen LogP contribution in [0.4, 0.5) is 0 Å². The topological polar surface area (TPSA) is 0 Å². The third-order valence-corrected chi connectivity index (χ3v) is 6.14. The zero-order chi connectivity index (χ0) is 19.0. The van der Waals surface area contributed by atoms with E-state index >= 15 is 0 Å². The fourth-order valence-corrected chi connectivity index (χ4v) is 4.12. The first kappa shape index (κ1) is 26.0. The minimum absolute atomic E-state index is 1.07. The lowest BCUT2D eigenvalue weighted by Gasteiger charge is -1.99. The van der Waals surface area contributed by atoms with Gasteiger partial charge in [-0.15, -0.1) is 0 Å². The summed E-state index contributed by atoms with van der Waals surface area (Å²) in [6.45, 7) is 4.56. The van der Waals surface area contributed by atoms with Crippen LogP contribution in [0.1, 0.15) is 129 Å². The summed E-state index contributed by atoms with van der Waals surface area (Å²) < 4.78 is 0. The summed E-state index contributed by atoms with van der Waals surface area (Å²) in [5.41, 5.74) is 6.49. The summed E-state index contributed by atoms with van der Waals surface area (Å²) in [5.74, 6) is 6.60. The first-order chi connectivity index (χ1) is 12.9. The molecular weight excluding hydrogens is 350 g/mol. The first-order valence-corrected chi connectivity index (χ1v) is 13.8. The molecule has 0 heterocycles. The molecule has 0 aromatic heterocycles. The molecule has 0 fully saturated rings. The molecule has 0 rings (SSSR count). The van der Waals surface area contributed by atoms with Crippen molar-refractivity contribution in [1.82, 2.24) is 0 Å². The van der Waals surface area contributed by atoms with Gasteiger partial charge in [0.2, 0.25) is 0 Å². The fraction of sp³-hybridized carbons (Fsp3) is 0.833. The van der Waals surface area contributed by atoms with E-state index in [0.29, 0.717) is 0 Å². The third-order valence-electron chi connectivity index (χ3n) is 4.62. The second-order valence-electron chi connectivity index (χ2n) is 7.23. The van der Waals surface area contributed by atoms with Gasteiger partial charge in [0.1, 0.15) is 0 Å². The van der Waals surface area contributed by atoms with Gasteiger partial charge in [-0.3, -0.25) is 0 Å². The molecule has 0 aromatic carbocycles. The predicted molar refractivity (Wildman–Crippen MR) is 124 cm³/mol. The molecule has 26 heavy (non-hydrogen) atoms. The van der Waals surface area contributed by atoms with E-state index in [0.717, 1.165) is 12.8 Å². The van der Waals surface area contributed by atoms with Crippen molar-refractivity contribution in [1.29, 1.82) is 0 Å². The number of hydrogen-bond donors (Lipinski definition) is 0. The lowest BCUT2D eigenvalue weighted by molar-refractivity contribution is 0.579. The van der Waals surface area contributed by atoms with E-state index in [4.69, 9.17) is 0 Å². The molecule has 0 amide bonds. The minimum Gasteiger partial charge on any atom is -0.0979 e. The molecule has 0 atom stereocenters. The Morgan fingerprint density at radius 3 is 1.08 bits per heavy atom. The van der Waals surface area contributed by atoms with E-state index in [-0.39, 0.29) is 0 Å². The van der Waals surface area contributed by atoms with Crippen molar-refractivity contribution in [2.45, 2.75) is 129 Å². The quantitative estimate of drug-likeness (QED) is 0.131. The Balaban J connectivity index is 3.21. The zero-order valence-corrected chi connectivity index (χ0v) is 19.4. The van der Waals surface area contributed by atoms with Gasteiger partial charge in [-0.05, 0) is 12.8 Å². The van der Waals surface area contributed by atoms with Crippen molar-refractivity contribution in [3.63, 3.8) is 0 Å². The van der Waals surface area contributed by atoms with Crippen LogP contribution in [0.3, 0.4) is 0 Å². The highest BCUT2D eigenvalue weighted by atomic mass is 32.0. The van der Waals surface area contributed by atoms with Gasteiger partial charge in [0.05, 0.1) is 16.5 Å². The SMILES string of the molecule is CCCCCCCCCCC#C[P][P]C#CCCCCCCCCCC. The van der Waals surface area contributed by atoms with Crippen molar-refractivity contribution in [2.24, 2.45) is 0 Å². The molecule has 0 bridgehead atoms. The average Bonchev–Trinajstić information content (AvgIpc) is 2.66. The van der Waals surface area contributed by atoms with Crippen LogP contribution in [-0.4, -0.2) is 0 Å². The maximum absolute atomic E-state index is 3.30. The predicted octanol–water partition coefficient (Wildman–Crippen LogP) is 9.78. The van der Waals surface area contributed by atoms with Crippen molar-refractivity contribution in [3.05, 3.63) is 0 Å². The highest BCUT2D eigenvalue weighted by Crippen LogP contribution is 2.33. The second-order valence-corrected chi connectivity index (χ2v) is 9.27. The van der Waals surface area contributed by atoms with Crippen LogP contribution in [0.5, 0.6) is 0 Å². The maximum atomic E-state index is 3.30. The van der Waals surface area contributed by atoms with Gasteiger partial charge in [-0.25, -0.2) is 0 Å². The number of unbranched alkanes of at least 4 members (excludes halogenated alkanes) is 16. The first-order valence-electron chi connectivity index (χ1n) is 11.3. The monoisotopic (exact) mass is 392 g/mol. The summed E-state index contributed by atoms with van der Waals surface area (Å²) in [6, 6.07) is 0. The van der Waals surface area contributed by atoms with Crippen LogP contribution in [-0.2, 0) is 0 Å². The largest absolute Gasteiger partial charge is 0.0979 e. The molecule has 0 nitrogen and oxygen atoms in total. The Bertz CT molecular complexity index is 342. The smallest absolute Gasteiger partial charge is 0.0586 e. The van der Waals surface area contributed by atoms with E-state index in [9.17, 15) is 0 Å². The van der Waals surface area contributed by atoms with Crippen LogP contribution in [0, 0.1) is 23.2 Å². The molecule has 2 radical (unpaired) electrons. The average molecular weight is 393 g/mol. The number of rotatable bonds is 17. The van der Waals surface area contributed by atoms with Crippen LogP contribution in [0.2, 0.25) is 0 Å². The molecule has 0 unspecified atom stereocenters. The molecular formula is C24H42P2. The van der Waals surface area contributed by atoms with Crippen LogP contribution < -0.4 is 0 Å². The molecule has 0 saturated carbocycles. The molecule has 0 aliphatic rings. The van der Waals surface area contributed by atoms with E-state index in [1.807, 2.05) is 0 Å². The lowest BCUT2D eigenvalue weighted by Crippen LogP contribution is -1.79. The lowest BCUT2D eigenvalue weighted by atomic mass is 10.1. The summed E-state index contributed by atoms with van der Waals surface area (Å²) in [5, 5.41) is 0. The summed E-state index contributed by atoms with van der Waals surface area (Å²) in [7, 11) is 2.34. The van der Waals surface area contributed by atoms with E-state index in [1.54, 1.807) is 0 Å². The van der Waals surface area contributed by atoms with Crippen molar-refractivity contribution in [2.75, 3.05) is 0 Å². The Labute approximate surface area is 169 Å². The summed E-state index contributed by atoms with van der Waals surface area (Å²) >= 11 is 0. The third kappa shape index (κ3) is 24.0. The van der Waals surface area contributed by atoms with E-state index < -0.39 is 0 Å². The molecule has 2 heteroatoms. The highest BCUT2D eigenvalue weighted by Gasteiger charge is 1.91. The normalized spacial score (nSPS) is 11.0. The second kappa shape index (κ2) is 25.0. The van der Waals surface area contributed by atoms with Gasteiger partial charge in [0, 0.05) is 12.8 Å². The van der Waals surface area contributed by atoms with Crippen molar-refractivity contribution >= 4 is 16.5 Å². The zero-order valence-electron chi connectivity index (χ0n) is 17.6. The van der Waals surface area contributed by atoms with Gasteiger partial charge in [-0.1, -0.05) is 127 Å². The van der Waals surface area contributed by atoms with Gasteiger partial charge >= 0.3 is 0 Å². The van der Waals surface area contributed by atoms with Crippen molar-refractivity contribution in [3.8, 4) is 23.2 Å². The van der Waals surface area contributed by atoms with Gasteiger partial charge < -0.3 is 0 Å². The minimum atomic E-state index is 1.07. The van der Waals surface area contributed by atoms with Crippen molar-refractivity contribution < 1.29 is 0 Å². The molecule has 0 aliphatic carbocycles. The molecule has 0 aliphatic heterocycles. The van der Waals surface area contributed by atoms with E-state index in [2.05, 4.69) is 37.0 Å². The maximum Gasteiger partial charge on any atom is 0.0586 e. The molecule has 148 valence electrons. The Kier molecular flexibility index (Phi) is 25.0. The van der Waals surface area contributed by atoms with E-state index in [1.165, 1.54) is 119 Å². The Morgan fingerprint density at radius 2 is 0.731 bits per heavy atom. The van der Waals surface area contributed by atoms with Crippen LogP contribution in [0.15, 0.2) is 0 Å². The van der Waals surface area contributed by atoms with Gasteiger partial charge in [0.15, 0.2) is 0 Å². The summed E-state index contributed by atoms with van der Waals surface area (Å²) in [6.07, 6.45) is 24.2. The Morgan fingerprint density at radius 1 is 0.423 bits per heavy atom. The molecule has 0 spiro atoms. The molecule has 0 aromatic rings. The Hall–Kier alpha value is -0.0200.